The molecule has 2 N–H and O–H groups in total. The molecule has 0 fully saturated rings. The van der Waals surface area contributed by atoms with E-state index in [9.17, 15) is 0 Å². The van der Waals surface area contributed by atoms with Gasteiger partial charge in [-0.15, -0.1) is 0 Å². The van der Waals surface area contributed by atoms with Gasteiger partial charge >= 0.3 is 0 Å². The average Bonchev–Trinajstić information content (AvgIpc) is 2.26. The molecule has 0 atom stereocenters. The number of likely N-dealkylation sites (N-methyl/N-ethyl adjacent to an activating group) is 1. The van der Waals surface area contributed by atoms with Crippen molar-refractivity contribution in [2.75, 3.05) is 19.7 Å². The van der Waals surface area contributed by atoms with Crippen LogP contribution in [0.4, 0.5) is 0 Å². The van der Waals surface area contributed by atoms with E-state index < -0.39 is 0 Å². The van der Waals surface area contributed by atoms with E-state index in [-0.39, 0.29) is 0 Å². The first-order valence-electron chi connectivity index (χ1n) is 5.50. The SMILES string of the molecule is CC[NH2+]CCOc1ccc(Cl)c(CC)c1. The summed E-state index contributed by atoms with van der Waals surface area (Å²) in [6, 6.07) is 5.85. The van der Waals surface area contributed by atoms with Crippen LogP contribution in [0.15, 0.2) is 18.2 Å². The zero-order valence-electron chi connectivity index (χ0n) is 9.42. The number of quaternary nitrogens is 1. The van der Waals surface area contributed by atoms with Crippen molar-refractivity contribution in [3.05, 3.63) is 28.8 Å². The Hall–Kier alpha value is -0.730. The van der Waals surface area contributed by atoms with Crippen LogP contribution in [0.25, 0.3) is 0 Å². The van der Waals surface area contributed by atoms with Gasteiger partial charge in [0.1, 0.15) is 18.9 Å². The number of hydrogen-bond donors (Lipinski definition) is 1. The van der Waals surface area contributed by atoms with E-state index in [0.717, 1.165) is 42.5 Å². The van der Waals surface area contributed by atoms with Gasteiger partial charge in [-0.25, -0.2) is 0 Å². The van der Waals surface area contributed by atoms with Crippen molar-refractivity contribution in [1.29, 1.82) is 0 Å². The highest BCUT2D eigenvalue weighted by Crippen LogP contribution is 2.22. The summed E-state index contributed by atoms with van der Waals surface area (Å²) < 4.78 is 5.62. The molecule has 0 bridgehead atoms. The number of nitrogens with two attached hydrogens (primary N) is 1. The van der Waals surface area contributed by atoms with Gasteiger partial charge in [0.25, 0.3) is 0 Å². The van der Waals surface area contributed by atoms with Gasteiger partial charge in [0.05, 0.1) is 6.54 Å². The summed E-state index contributed by atoms with van der Waals surface area (Å²) >= 11 is 6.02. The van der Waals surface area contributed by atoms with E-state index in [1.807, 2.05) is 18.2 Å². The van der Waals surface area contributed by atoms with E-state index >= 15 is 0 Å². The van der Waals surface area contributed by atoms with Crippen LogP contribution < -0.4 is 10.1 Å². The van der Waals surface area contributed by atoms with Gasteiger partial charge in [-0.3, -0.25) is 0 Å². The highest BCUT2D eigenvalue weighted by Gasteiger charge is 2.00. The quantitative estimate of drug-likeness (QED) is 0.740. The van der Waals surface area contributed by atoms with Gasteiger partial charge in [-0.1, -0.05) is 18.5 Å². The first kappa shape index (κ1) is 12.3. The second kappa shape index (κ2) is 6.70. The fraction of sp³-hybridized carbons (Fsp3) is 0.500. The molecular formula is C12H19ClNO+. The summed E-state index contributed by atoms with van der Waals surface area (Å²) in [6.45, 7) is 7.08. The van der Waals surface area contributed by atoms with Crippen molar-refractivity contribution in [2.45, 2.75) is 20.3 Å². The lowest BCUT2D eigenvalue weighted by molar-refractivity contribution is -0.652. The van der Waals surface area contributed by atoms with E-state index in [2.05, 4.69) is 19.2 Å². The molecule has 0 aromatic heterocycles. The molecule has 0 heterocycles. The molecule has 0 radical (unpaired) electrons. The van der Waals surface area contributed by atoms with Crippen LogP contribution in [0.5, 0.6) is 5.75 Å². The maximum atomic E-state index is 6.02. The molecule has 0 saturated carbocycles. The largest absolute Gasteiger partial charge is 0.488 e. The van der Waals surface area contributed by atoms with Crippen LogP contribution in [0.1, 0.15) is 19.4 Å². The highest BCUT2D eigenvalue weighted by atomic mass is 35.5. The van der Waals surface area contributed by atoms with Crippen LogP contribution in [0, 0.1) is 0 Å². The van der Waals surface area contributed by atoms with Crippen molar-refractivity contribution in [3.63, 3.8) is 0 Å². The first-order valence-corrected chi connectivity index (χ1v) is 5.88. The number of ether oxygens (including phenoxy) is 1. The lowest BCUT2D eigenvalue weighted by atomic mass is 10.1. The lowest BCUT2D eigenvalue weighted by Gasteiger charge is -2.07. The molecule has 0 aliphatic heterocycles. The summed E-state index contributed by atoms with van der Waals surface area (Å²) in [7, 11) is 0. The van der Waals surface area contributed by atoms with Gasteiger partial charge in [-0.2, -0.15) is 0 Å². The zero-order chi connectivity index (χ0) is 11.1. The number of halogens is 1. The highest BCUT2D eigenvalue weighted by molar-refractivity contribution is 6.31. The van der Waals surface area contributed by atoms with Crippen molar-refractivity contribution in [1.82, 2.24) is 0 Å². The van der Waals surface area contributed by atoms with Crippen LogP contribution in [0.3, 0.4) is 0 Å². The Balaban J connectivity index is 2.47. The van der Waals surface area contributed by atoms with Crippen LogP contribution in [-0.2, 0) is 6.42 Å². The topological polar surface area (TPSA) is 25.8 Å². The lowest BCUT2D eigenvalue weighted by Crippen LogP contribution is -2.84. The van der Waals surface area contributed by atoms with Crippen LogP contribution >= 0.6 is 11.6 Å². The van der Waals surface area contributed by atoms with E-state index in [1.54, 1.807) is 0 Å². The van der Waals surface area contributed by atoms with E-state index in [1.165, 1.54) is 0 Å². The molecule has 15 heavy (non-hydrogen) atoms. The van der Waals surface area contributed by atoms with Crippen molar-refractivity contribution in [2.24, 2.45) is 0 Å². The van der Waals surface area contributed by atoms with E-state index in [0.29, 0.717) is 0 Å². The minimum absolute atomic E-state index is 0.749. The van der Waals surface area contributed by atoms with Gasteiger partial charge in [0.15, 0.2) is 0 Å². The molecule has 3 heteroatoms. The van der Waals surface area contributed by atoms with E-state index in [4.69, 9.17) is 16.3 Å². The predicted octanol–water partition coefficient (Wildman–Crippen LogP) is 1.86. The number of hydrogen-bond acceptors (Lipinski definition) is 1. The molecule has 1 aromatic carbocycles. The molecule has 0 unspecified atom stereocenters. The monoisotopic (exact) mass is 228 g/mol. The molecule has 2 nitrogen and oxygen atoms in total. The molecule has 0 aliphatic rings. The summed E-state index contributed by atoms with van der Waals surface area (Å²) in [6.07, 6.45) is 0.942. The summed E-state index contributed by atoms with van der Waals surface area (Å²) in [5, 5.41) is 3.04. The number of aryl methyl sites for hydroxylation is 1. The normalized spacial score (nSPS) is 10.3. The van der Waals surface area contributed by atoms with Gasteiger partial charge < -0.3 is 10.1 Å². The second-order valence-electron chi connectivity index (χ2n) is 3.44. The molecule has 84 valence electrons. The maximum absolute atomic E-state index is 6.02. The number of benzene rings is 1. The van der Waals surface area contributed by atoms with Crippen LogP contribution in [-0.4, -0.2) is 19.7 Å². The minimum atomic E-state index is 0.749. The molecule has 0 spiro atoms. The third-order valence-corrected chi connectivity index (χ3v) is 2.65. The zero-order valence-corrected chi connectivity index (χ0v) is 10.2. The third-order valence-electron chi connectivity index (χ3n) is 2.28. The average molecular weight is 229 g/mol. The molecule has 0 amide bonds. The van der Waals surface area contributed by atoms with Crippen LogP contribution in [0.2, 0.25) is 5.02 Å². The fourth-order valence-corrected chi connectivity index (χ4v) is 1.63. The Bertz CT molecular complexity index is 302. The van der Waals surface area contributed by atoms with Gasteiger partial charge in [0, 0.05) is 5.02 Å². The summed E-state index contributed by atoms with van der Waals surface area (Å²) in [5.74, 6) is 0.917. The summed E-state index contributed by atoms with van der Waals surface area (Å²) in [5.41, 5.74) is 1.15. The molecule has 0 saturated heterocycles. The van der Waals surface area contributed by atoms with Gasteiger partial charge in [-0.05, 0) is 37.1 Å². The Kier molecular flexibility index (Phi) is 5.51. The molecule has 1 aromatic rings. The smallest absolute Gasteiger partial charge is 0.137 e. The Labute approximate surface area is 96.6 Å². The fourth-order valence-electron chi connectivity index (χ4n) is 1.38. The Morgan fingerprint density at radius 2 is 2.13 bits per heavy atom. The second-order valence-corrected chi connectivity index (χ2v) is 3.85. The standard InChI is InChI=1S/C12H18ClNO/c1-3-10-9-11(5-6-12(10)13)15-8-7-14-4-2/h5-6,9,14H,3-4,7-8H2,1-2H3/p+1. The van der Waals surface area contributed by atoms with Gasteiger partial charge in [0.2, 0.25) is 0 Å². The Morgan fingerprint density at radius 3 is 2.80 bits per heavy atom. The summed E-state index contributed by atoms with van der Waals surface area (Å²) in [4.78, 5) is 0. The minimum Gasteiger partial charge on any atom is -0.488 e. The first-order chi connectivity index (χ1) is 7.27. The number of rotatable bonds is 6. The molecule has 1 rings (SSSR count). The van der Waals surface area contributed by atoms with Crippen molar-refractivity contribution < 1.29 is 10.1 Å². The molecular weight excluding hydrogens is 210 g/mol. The maximum Gasteiger partial charge on any atom is 0.137 e. The van der Waals surface area contributed by atoms with Crippen molar-refractivity contribution in [3.8, 4) is 5.75 Å². The predicted molar refractivity (Wildman–Crippen MR) is 63.7 cm³/mol. The Morgan fingerprint density at radius 1 is 1.33 bits per heavy atom. The van der Waals surface area contributed by atoms with Crippen molar-refractivity contribution >= 4 is 11.6 Å². The third kappa shape index (κ3) is 4.10. The molecule has 0 aliphatic carbocycles.